The van der Waals surface area contributed by atoms with Gasteiger partial charge in [0.25, 0.3) is 5.91 Å². The smallest absolute Gasteiger partial charge is 0.251 e. The molecule has 1 amide bonds. The highest BCUT2D eigenvalue weighted by Gasteiger charge is 2.13. The number of benzene rings is 1. The Morgan fingerprint density at radius 3 is 2.67 bits per heavy atom. The van der Waals surface area contributed by atoms with Crippen LogP contribution < -0.4 is 5.32 Å². The molecule has 0 unspecified atom stereocenters. The molecular formula is C17H25NO2S. The molecule has 0 aromatic heterocycles. The number of hydrogen-bond donors (Lipinski definition) is 1. The van der Waals surface area contributed by atoms with E-state index in [9.17, 15) is 4.79 Å². The number of carbonyl (C=O) groups excluding carboxylic acids is 1. The normalized spacial score (nSPS) is 15.9. The van der Waals surface area contributed by atoms with Crippen LogP contribution in [0.5, 0.6) is 0 Å². The van der Waals surface area contributed by atoms with Gasteiger partial charge in [-0.05, 0) is 37.0 Å². The van der Waals surface area contributed by atoms with Crippen LogP contribution in [0.4, 0.5) is 0 Å². The Morgan fingerprint density at radius 2 is 2.00 bits per heavy atom. The lowest BCUT2D eigenvalue weighted by Crippen LogP contribution is -2.27. The van der Waals surface area contributed by atoms with E-state index in [2.05, 4.69) is 24.4 Å². The highest BCUT2D eigenvalue weighted by Crippen LogP contribution is 2.21. The number of thioether (sulfide) groups is 1. The van der Waals surface area contributed by atoms with E-state index >= 15 is 0 Å². The van der Waals surface area contributed by atoms with E-state index in [1.165, 1.54) is 5.56 Å². The molecule has 3 nitrogen and oxygen atoms in total. The van der Waals surface area contributed by atoms with Crippen molar-refractivity contribution in [2.75, 3.05) is 25.5 Å². The summed E-state index contributed by atoms with van der Waals surface area (Å²) in [4.78, 5) is 12.0. The molecule has 4 heteroatoms. The monoisotopic (exact) mass is 307 g/mol. The Labute approximate surface area is 131 Å². The number of nitrogens with one attached hydrogen (secondary N) is 1. The van der Waals surface area contributed by atoms with Gasteiger partial charge < -0.3 is 10.1 Å². The van der Waals surface area contributed by atoms with Crippen LogP contribution >= 0.6 is 11.8 Å². The van der Waals surface area contributed by atoms with Gasteiger partial charge in [0.1, 0.15) is 0 Å². The molecule has 21 heavy (non-hydrogen) atoms. The number of amides is 1. The molecule has 1 aliphatic heterocycles. The summed E-state index contributed by atoms with van der Waals surface area (Å²) in [5, 5.41) is 3.70. The zero-order valence-corrected chi connectivity index (χ0v) is 13.6. The first-order valence-electron chi connectivity index (χ1n) is 7.86. The second-order valence-electron chi connectivity index (χ2n) is 5.39. The van der Waals surface area contributed by atoms with Crippen LogP contribution in [0.25, 0.3) is 0 Å². The van der Waals surface area contributed by atoms with Gasteiger partial charge in [0.2, 0.25) is 0 Å². The van der Waals surface area contributed by atoms with Crippen LogP contribution in [0.15, 0.2) is 24.3 Å². The Morgan fingerprint density at radius 1 is 1.29 bits per heavy atom. The summed E-state index contributed by atoms with van der Waals surface area (Å²) in [6.45, 7) is 4.66. The van der Waals surface area contributed by atoms with Gasteiger partial charge in [0, 0.05) is 36.3 Å². The zero-order chi connectivity index (χ0) is 14.9. The highest BCUT2D eigenvalue weighted by atomic mass is 32.2. The van der Waals surface area contributed by atoms with Crippen LogP contribution in [0.1, 0.15) is 42.1 Å². The van der Waals surface area contributed by atoms with Crippen LogP contribution in [0.2, 0.25) is 0 Å². The van der Waals surface area contributed by atoms with Gasteiger partial charge in [-0.1, -0.05) is 25.5 Å². The molecule has 0 saturated carbocycles. The molecule has 1 N–H and O–H groups in total. The van der Waals surface area contributed by atoms with E-state index in [4.69, 9.17) is 4.74 Å². The van der Waals surface area contributed by atoms with Crippen LogP contribution in [-0.2, 0) is 11.2 Å². The van der Waals surface area contributed by atoms with E-state index in [-0.39, 0.29) is 5.91 Å². The Balaban J connectivity index is 1.66. The van der Waals surface area contributed by atoms with Crippen molar-refractivity contribution < 1.29 is 9.53 Å². The van der Waals surface area contributed by atoms with Gasteiger partial charge in [-0.15, -0.1) is 0 Å². The molecule has 1 aliphatic rings. The maximum absolute atomic E-state index is 12.0. The Kier molecular flexibility index (Phi) is 7.10. The molecular weight excluding hydrogens is 282 g/mol. The summed E-state index contributed by atoms with van der Waals surface area (Å²) in [6, 6.07) is 7.95. The SMILES string of the molecule is CCCc1ccc(C(=O)NCCSC2CCOCC2)cc1. The fraction of sp³-hybridized carbons (Fsp3) is 0.588. The summed E-state index contributed by atoms with van der Waals surface area (Å²) < 4.78 is 5.35. The Hall–Kier alpha value is -1.00. The molecule has 0 spiro atoms. The first kappa shape index (κ1) is 16.4. The third kappa shape index (κ3) is 5.71. The van der Waals surface area contributed by atoms with Crippen LogP contribution in [0.3, 0.4) is 0 Å². The van der Waals surface area contributed by atoms with E-state index in [1.807, 2.05) is 23.9 Å². The average molecular weight is 307 g/mol. The minimum absolute atomic E-state index is 0.0330. The fourth-order valence-electron chi connectivity index (χ4n) is 2.45. The average Bonchev–Trinajstić information content (AvgIpc) is 2.53. The molecule has 116 valence electrons. The molecule has 2 rings (SSSR count). The van der Waals surface area contributed by atoms with Gasteiger partial charge in [-0.3, -0.25) is 4.79 Å². The fourth-order valence-corrected chi connectivity index (χ4v) is 3.53. The van der Waals surface area contributed by atoms with Crippen molar-refractivity contribution in [3.05, 3.63) is 35.4 Å². The van der Waals surface area contributed by atoms with Crippen molar-refractivity contribution in [3.63, 3.8) is 0 Å². The molecule has 1 heterocycles. The van der Waals surface area contributed by atoms with Crippen molar-refractivity contribution in [2.24, 2.45) is 0 Å². The second-order valence-corrected chi connectivity index (χ2v) is 6.79. The third-order valence-electron chi connectivity index (χ3n) is 3.66. The molecule has 1 aromatic carbocycles. The number of ether oxygens (including phenoxy) is 1. The largest absolute Gasteiger partial charge is 0.381 e. The molecule has 0 radical (unpaired) electrons. The van der Waals surface area contributed by atoms with Crippen molar-refractivity contribution in [1.29, 1.82) is 0 Å². The number of carbonyl (C=O) groups is 1. The predicted octanol–water partition coefficient (Wildman–Crippen LogP) is 3.28. The zero-order valence-electron chi connectivity index (χ0n) is 12.8. The van der Waals surface area contributed by atoms with Gasteiger partial charge in [0.05, 0.1) is 0 Å². The molecule has 0 aliphatic carbocycles. The van der Waals surface area contributed by atoms with E-state index < -0.39 is 0 Å². The van der Waals surface area contributed by atoms with E-state index in [0.29, 0.717) is 5.25 Å². The first-order valence-corrected chi connectivity index (χ1v) is 8.91. The van der Waals surface area contributed by atoms with Crippen LogP contribution in [0, 0.1) is 0 Å². The minimum atomic E-state index is 0.0330. The molecule has 0 bridgehead atoms. The maximum Gasteiger partial charge on any atom is 0.251 e. The van der Waals surface area contributed by atoms with Gasteiger partial charge in [-0.2, -0.15) is 11.8 Å². The van der Waals surface area contributed by atoms with Crippen molar-refractivity contribution >= 4 is 17.7 Å². The topological polar surface area (TPSA) is 38.3 Å². The van der Waals surface area contributed by atoms with E-state index in [1.54, 1.807) is 0 Å². The van der Waals surface area contributed by atoms with Gasteiger partial charge in [0.15, 0.2) is 0 Å². The summed E-state index contributed by atoms with van der Waals surface area (Å²) in [7, 11) is 0. The summed E-state index contributed by atoms with van der Waals surface area (Å²) in [5.41, 5.74) is 2.05. The van der Waals surface area contributed by atoms with Crippen molar-refractivity contribution in [2.45, 2.75) is 37.9 Å². The van der Waals surface area contributed by atoms with Crippen molar-refractivity contribution in [1.82, 2.24) is 5.32 Å². The number of aryl methyl sites for hydroxylation is 1. The molecule has 0 atom stereocenters. The summed E-state index contributed by atoms with van der Waals surface area (Å²) >= 11 is 1.95. The van der Waals surface area contributed by atoms with Gasteiger partial charge in [-0.25, -0.2) is 0 Å². The van der Waals surface area contributed by atoms with Gasteiger partial charge >= 0.3 is 0 Å². The summed E-state index contributed by atoms with van der Waals surface area (Å²) in [5.74, 6) is 1.01. The number of rotatable bonds is 7. The summed E-state index contributed by atoms with van der Waals surface area (Å²) in [6.07, 6.45) is 4.48. The molecule has 1 aromatic rings. The molecule has 1 saturated heterocycles. The predicted molar refractivity (Wildman–Crippen MR) is 89.1 cm³/mol. The lowest BCUT2D eigenvalue weighted by molar-refractivity contribution is 0.0955. The quantitative estimate of drug-likeness (QED) is 0.786. The number of hydrogen-bond acceptors (Lipinski definition) is 3. The standard InChI is InChI=1S/C17H25NO2S/c1-2-3-14-4-6-15(7-5-14)17(19)18-10-13-21-16-8-11-20-12-9-16/h4-7,16H,2-3,8-13H2,1H3,(H,18,19). The lowest BCUT2D eigenvalue weighted by atomic mass is 10.1. The minimum Gasteiger partial charge on any atom is -0.381 e. The van der Waals surface area contributed by atoms with E-state index in [0.717, 1.165) is 56.8 Å². The molecule has 1 fully saturated rings. The lowest BCUT2D eigenvalue weighted by Gasteiger charge is -2.21. The van der Waals surface area contributed by atoms with Crippen molar-refractivity contribution in [3.8, 4) is 0 Å². The second kappa shape index (κ2) is 9.11. The Bertz CT molecular complexity index is 427. The highest BCUT2D eigenvalue weighted by molar-refractivity contribution is 7.99. The third-order valence-corrected chi connectivity index (χ3v) is 5.05. The van der Waals surface area contributed by atoms with Crippen LogP contribution in [-0.4, -0.2) is 36.7 Å². The first-order chi connectivity index (χ1) is 10.3. The maximum atomic E-state index is 12.0.